The molecule has 2 aromatic carbocycles. The molecule has 0 radical (unpaired) electrons. The zero-order valence-electron chi connectivity index (χ0n) is 11.4. The van der Waals surface area contributed by atoms with Crippen LogP contribution < -0.4 is 10.1 Å². The third-order valence-electron chi connectivity index (χ3n) is 2.82. The molecule has 22 heavy (non-hydrogen) atoms. The van der Waals surface area contributed by atoms with Crippen molar-refractivity contribution in [1.29, 1.82) is 0 Å². The molecule has 0 unspecified atom stereocenters. The van der Waals surface area contributed by atoms with Crippen molar-refractivity contribution in [2.75, 3.05) is 5.32 Å². The predicted molar refractivity (Wildman–Crippen MR) is 86.9 cm³/mol. The van der Waals surface area contributed by atoms with Crippen molar-refractivity contribution < 1.29 is 4.74 Å². The highest BCUT2D eigenvalue weighted by atomic mass is 35.5. The number of benzene rings is 2. The van der Waals surface area contributed by atoms with Crippen molar-refractivity contribution in [2.24, 2.45) is 0 Å². The van der Waals surface area contributed by atoms with Crippen molar-refractivity contribution in [1.82, 2.24) is 15.2 Å². The van der Waals surface area contributed by atoms with Gasteiger partial charge < -0.3 is 10.1 Å². The second-order valence-corrected chi connectivity index (χ2v) is 5.35. The molecule has 3 aromatic rings. The van der Waals surface area contributed by atoms with Gasteiger partial charge in [0.15, 0.2) is 5.82 Å². The van der Waals surface area contributed by atoms with E-state index in [1.807, 2.05) is 12.1 Å². The Morgan fingerprint density at radius 1 is 0.955 bits per heavy atom. The zero-order valence-corrected chi connectivity index (χ0v) is 12.9. The van der Waals surface area contributed by atoms with Gasteiger partial charge in [-0.15, -0.1) is 5.10 Å². The standard InChI is InChI=1S/C15H12Cl2N4O/c16-10-1-5-12(6-2-10)18-15-19-14(20-21-15)9-22-13-7-3-11(17)4-8-13/h1-8H,9H2,(H2,18,19,20,21). The van der Waals surface area contributed by atoms with E-state index in [2.05, 4.69) is 20.5 Å². The third kappa shape index (κ3) is 3.90. The van der Waals surface area contributed by atoms with Gasteiger partial charge in [0.25, 0.3) is 0 Å². The fraction of sp³-hybridized carbons (Fsp3) is 0.0667. The average Bonchev–Trinajstić information content (AvgIpc) is 2.97. The minimum Gasteiger partial charge on any atom is -0.486 e. The lowest BCUT2D eigenvalue weighted by Crippen LogP contribution is -1.97. The van der Waals surface area contributed by atoms with Gasteiger partial charge in [0.05, 0.1) is 0 Å². The number of ether oxygens (including phenoxy) is 1. The van der Waals surface area contributed by atoms with Gasteiger partial charge in [0.2, 0.25) is 5.95 Å². The maximum Gasteiger partial charge on any atom is 0.246 e. The second kappa shape index (κ2) is 6.68. The Labute approximate surface area is 137 Å². The topological polar surface area (TPSA) is 62.8 Å². The lowest BCUT2D eigenvalue weighted by Gasteiger charge is -2.03. The molecule has 0 bridgehead atoms. The van der Waals surface area contributed by atoms with Crippen LogP contribution in [0.5, 0.6) is 5.75 Å². The fourth-order valence-corrected chi connectivity index (χ4v) is 2.01. The molecular formula is C15H12Cl2N4O. The largest absolute Gasteiger partial charge is 0.486 e. The van der Waals surface area contributed by atoms with E-state index in [0.717, 1.165) is 5.69 Å². The van der Waals surface area contributed by atoms with Gasteiger partial charge in [-0.2, -0.15) is 4.98 Å². The molecule has 0 aliphatic rings. The van der Waals surface area contributed by atoms with Crippen LogP contribution in [0.1, 0.15) is 5.82 Å². The zero-order chi connectivity index (χ0) is 15.4. The van der Waals surface area contributed by atoms with Crippen LogP contribution in [0, 0.1) is 0 Å². The highest BCUT2D eigenvalue weighted by Gasteiger charge is 2.04. The molecule has 0 fully saturated rings. The van der Waals surface area contributed by atoms with Crippen LogP contribution in [0.3, 0.4) is 0 Å². The Bertz CT molecular complexity index is 741. The van der Waals surface area contributed by atoms with Crippen LogP contribution in [0.2, 0.25) is 10.0 Å². The van der Waals surface area contributed by atoms with Crippen molar-refractivity contribution in [3.8, 4) is 5.75 Å². The fourth-order valence-electron chi connectivity index (χ4n) is 1.76. The van der Waals surface area contributed by atoms with E-state index >= 15 is 0 Å². The highest BCUT2D eigenvalue weighted by molar-refractivity contribution is 6.30. The lowest BCUT2D eigenvalue weighted by atomic mass is 10.3. The number of nitrogens with zero attached hydrogens (tertiary/aromatic N) is 2. The normalized spacial score (nSPS) is 10.5. The van der Waals surface area contributed by atoms with Crippen molar-refractivity contribution in [3.05, 3.63) is 64.4 Å². The number of nitrogens with one attached hydrogen (secondary N) is 2. The van der Waals surface area contributed by atoms with Gasteiger partial charge >= 0.3 is 0 Å². The van der Waals surface area contributed by atoms with Crippen LogP contribution in [0.4, 0.5) is 11.6 Å². The molecule has 1 heterocycles. The number of anilines is 2. The van der Waals surface area contributed by atoms with E-state index < -0.39 is 0 Å². The summed E-state index contributed by atoms with van der Waals surface area (Å²) in [7, 11) is 0. The summed E-state index contributed by atoms with van der Waals surface area (Å²) < 4.78 is 5.59. The Morgan fingerprint density at radius 3 is 2.27 bits per heavy atom. The van der Waals surface area contributed by atoms with Gasteiger partial charge in [0.1, 0.15) is 12.4 Å². The summed E-state index contributed by atoms with van der Waals surface area (Å²) in [5.74, 6) is 1.80. The molecule has 0 saturated carbocycles. The number of H-pyrrole nitrogens is 1. The summed E-state index contributed by atoms with van der Waals surface area (Å²) >= 11 is 11.7. The van der Waals surface area contributed by atoms with E-state index in [1.165, 1.54) is 0 Å². The maximum atomic E-state index is 5.84. The molecule has 1 aromatic heterocycles. The molecule has 7 heteroatoms. The van der Waals surface area contributed by atoms with Gasteiger partial charge in [-0.05, 0) is 48.5 Å². The highest BCUT2D eigenvalue weighted by Crippen LogP contribution is 2.18. The van der Waals surface area contributed by atoms with E-state index in [4.69, 9.17) is 27.9 Å². The molecule has 0 aliphatic carbocycles. The van der Waals surface area contributed by atoms with Gasteiger partial charge in [-0.3, -0.25) is 5.10 Å². The Morgan fingerprint density at radius 2 is 1.59 bits per heavy atom. The summed E-state index contributed by atoms with van der Waals surface area (Å²) in [4.78, 5) is 4.30. The van der Waals surface area contributed by atoms with E-state index in [1.54, 1.807) is 36.4 Å². The number of rotatable bonds is 5. The summed E-state index contributed by atoms with van der Waals surface area (Å²) in [6.45, 7) is 0.289. The van der Waals surface area contributed by atoms with Gasteiger partial charge in [-0.25, -0.2) is 0 Å². The molecule has 0 atom stereocenters. The Hall–Kier alpha value is -2.24. The van der Waals surface area contributed by atoms with Crippen molar-refractivity contribution >= 4 is 34.8 Å². The minimum absolute atomic E-state index is 0.289. The second-order valence-electron chi connectivity index (χ2n) is 4.48. The van der Waals surface area contributed by atoms with E-state index in [0.29, 0.717) is 27.6 Å². The average molecular weight is 335 g/mol. The Kier molecular flexibility index (Phi) is 4.46. The quantitative estimate of drug-likeness (QED) is 0.724. The molecule has 5 nitrogen and oxygen atoms in total. The van der Waals surface area contributed by atoms with Crippen molar-refractivity contribution in [3.63, 3.8) is 0 Å². The van der Waals surface area contributed by atoms with E-state index in [-0.39, 0.29) is 6.61 Å². The first-order valence-electron chi connectivity index (χ1n) is 6.51. The maximum absolute atomic E-state index is 5.84. The summed E-state index contributed by atoms with van der Waals surface area (Å²) in [6, 6.07) is 14.4. The van der Waals surface area contributed by atoms with Crippen LogP contribution in [-0.4, -0.2) is 15.2 Å². The first-order chi connectivity index (χ1) is 10.7. The molecule has 0 spiro atoms. The molecule has 0 saturated heterocycles. The number of aromatic amines is 1. The summed E-state index contributed by atoms with van der Waals surface area (Å²) in [6.07, 6.45) is 0. The first kappa shape index (κ1) is 14.7. The number of hydrogen-bond acceptors (Lipinski definition) is 4. The minimum atomic E-state index is 0.289. The van der Waals surface area contributed by atoms with Crippen LogP contribution in [-0.2, 0) is 6.61 Å². The summed E-state index contributed by atoms with van der Waals surface area (Å²) in [5, 5.41) is 11.3. The number of aromatic nitrogens is 3. The van der Waals surface area contributed by atoms with Gasteiger partial charge in [-0.1, -0.05) is 23.2 Å². The SMILES string of the molecule is Clc1ccc(Nc2n[nH]c(COc3ccc(Cl)cc3)n2)cc1. The number of hydrogen-bond donors (Lipinski definition) is 2. The molecule has 2 N–H and O–H groups in total. The molecule has 0 aliphatic heterocycles. The molecular weight excluding hydrogens is 323 g/mol. The summed E-state index contributed by atoms with van der Waals surface area (Å²) in [5.41, 5.74) is 0.855. The molecule has 0 amide bonds. The molecule has 112 valence electrons. The van der Waals surface area contributed by atoms with E-state index in [9.17, 15) is 0 Å². The van der Waals surface area contributed by atoms with Crippen LogP contribution in [0.25, 0.3) is 0 Å². The monoisotopic (exact) mass is 334 g/mol. The number of halogens is 2. The Balaban J connectivity index is 1.59. The molecule has 3 rings (SSSR count). The first-order valence-corrected chi connectivity index (χ1v) is 7.27. The van der Waals surface area contributed by atoms with Gasteiger partial charge in [0, 0.05) is 15.7 Å². The lowest BCUT2D eigenvalue weighted by molar-refractivity contribution is 0.296. The van der Waals surface area contributed by atoms with Crippen LogP contribution in [0.15, 0.2) is 48.5 Å². The predicted octanol–water partition coefficient (Wildman–Crippen LogP) is 4.43. The van der Waals surface area contributed by atoms with Crippen LogP contribution >= 0.6 is 23.2 Å². The van der Waals surface area contributed by atoms with Crippen molar-refractivity contribution in [2.45, 2.75) is 6.61 Å². The third-order valence-corrected chi connectivity index (χ3v) is 3.33. The smallest absolute Gasteiger partial charge is 0.246 e.